The number of phenols is 4. The summed E-state index contributed by atoms with van der Waals surface area (Å²) in [6.45, 7) is 8.88. The molecule has 0 amide bonds. The van der Waals surface area contributed by atoms with Crippen LogP contribution >= 0.6 is 93.0 Å². The van der Waals surface area contributed by atoms with Crippen LogP contribution in [-0.2, 0) is 9.59 Å². The largest absolute Gasteiger partial charge is 0.508 e. The van der Waals surface area contributed by atoms with Gasteiger partial charge in [0.25, 0.3) is 0 Å². The molecule has 0 heterocycles. The maximum absolute atomic E-state index is 13.0. The number of carbonyl (C=O) groups excluding carboxylic acids is 2. The Kier molecular flexibility index (Phi) is 55.7. The number of aromatic hydroxyl groups is 4. The zero-order chi connectivity index (χ0) is 101. The van der Waals surface area contributed by atoms with Crippen molar-refractivity contribution in [2.75, 3.05) is 79.7 Å². The summed E-state index contributed by atoms with van der Waals surface area (Å²) in [7, 11) is 0. The van der Waals surface area contributed by atoms with E-state index in [9.17, 15) is 56.4 Å². The Balaban J connectivity index is 0.000000254. The fourth-order valence-electron chi connectivity index (χ4n) is 12.4. The molecule has 12 aromatic rings. The number of carbonyl (C=O) groups is 2. The predicted molar refractivity (Wildman–Crippen MR) is 571 cm³/mol. The third-order valence-electron chi connectivity index (χ3n) is 19.1. The number of aryl methyl sites for hydroxylation is 1. The van der Waals surface area contributed by atoms with E-state index in [1.807, 2.05) is 91.9 Å². The summed E-state index contributed by atoms with van der Waals surface area (Å²) in [5.74, 6) is 38.5. The molecule has 0 saturated carbocycles. The number of terminal acetylenes is 1. The Hall–Kier alpha value is -11.8. The SMILES string of the molecule is C#Cc1ccc(OC(C)=O)cc1.CC(=O)Oc1ccc(C#Cc2ccc(OCCF)c(Br)c2)cc1.CCC[CH2][Sn]([CH2]CCC)([CH2]CCC)[c]1cc(C#Cc2ccc(O)cc2)ccc1OCCF.Cc1cc(C#Cc2ccc(O)cc2)ccc1OCCF.FCCOc1ccc(I)cc1Br.Oc1ccc(C#Cc2ccc(OCCF)c(Br)c2)cc1.Oc1ccc(C#Cc2ccc(OCCF)c(I)c2)cc1. The Bertz CT molecular complexity index is 5900. The number of esters is 2. The van der Waals surface area contributed by atoms with Gasteiger partial charge in [-0.25, -0.2) is 22.0 Å². The van der Waals surface area contributed by atoms with Crippen LogP contribution in [0, 0.1) is 85.6 Å². The second kappa shape index (κ2) is 66.7. The molecular weight excluding hydrogens is 2310 g/mol. The zero-order valence-corrected chi connectivity index (χ0v) is 89.6. The van der Waals surface area contributed by atoms with Crippen molar-refractivity contribution in [2.45, 2.75) is 93.4 Å². The average molecular weight is 2420 g/mol. The first-order valence-electron chi connectivity index (χ1n) is 44.2. The molecule has 0 unspecified atom stereocenters. The Morgan fingerprint density at radius 2 is 0.576 bits per heavy atom. The van der Waals surface area contributed by atoms with Gasteiger partial charge in [0.05, 0.1) is 17.0 Å². The van der Waals surface area contributed by atoms with Crippen molar-refractivity contribution in [2.24, 2.45) is 0 Å². The zero-order valence-electron chi connectivity index (χ0n) is 77.7. The van der Waals surface area contributed by atoms with Crippen molar-refractivity contribution < 1.29 is 94.3 Å². The van der Waals surface area contributed by atoms with Gasteiger partial charge in [-0.3, -0.25) is 9.59 Å². The fourth-order valence-corrected chi connectivity index (χ4v) is 32.0. The second-order valence-electron chi connectivity index (χ2n) is 29.8. The average Bonchev–Trinajstić information content (AvgIpc) is 0.782. The van der Waals surface area contributed by atoms with Gasteiger partial charge in [-0.15, -0.1) is 6.42 Å². The molecule has 0 fully saturated rings. The quantitative estimate of drug-likeness (QED) is 0.00831. The van der Waals surface area contributed by atoms with E-state index in [4.69, 9.17) is 44.3 Å². The minimum atomic E-state index is -2.77. The number of hydrogen-bond donors (Lipinski definition) is 4. The van der Waals surface area contributed by atoms with Gasteiger partial charge in [-0.1, -0.05) is 53.3 Å². The van der Waals surface area contributed by atoms with Crippen molar-refractivity contribution in [1.82, 2.24) is 0 Å². The molecule has 0 aliphatic heterocycles. The molecule has 0 aromatic heterocycles. The number of hydrogen-bond acceptors (Lipinski definition) is 14. The van der Waals surface area contributed by atoms with Crippen LogP contribution in [0.25, 0.3) is 0 Å². The summed E-state index contributed by atoms with van der Waals surface area (Å²) in [5, 5.41) is 37.1. The topological polar surface area (TPSA) is 189 Å². The van der Waals surface area contributed by atoms with Gasteiger partial charge in [-0.05, 0) is 318 Å². The molecule has 12 rings (SSSR count). The van der Waals surface area contributed by atoms with E-state index >= 15 is 0 Å². The maximum atomic E-state index is 13.0. The predicted octanol–water partition coefficient (Wildman–Crippen LogP) is 27.4. The summed E-state index contributed by atoms with van der Waals surface area (Å²) >= 11 is 11.6. The van der Waals surface area contributed by atoms with Crippen LogP contribution in [-0.4, -0.2) is 130 Å². The van der Waals surface area contributed by atoms with Crippen molar-refractivity contribution >= 4 is 127 Å². The number of phenolic OH excluding ortho intramolecular Hbond substituents is 4. The van der Waals surface area contributed by atoms with E-state index in [0.717, 1.165) is 93.1 Å². The molecule has 12 aromatic carbocycles. The summed E-state index contributed by atoms with van der Waals surface area (Å²) in [4.78, 5) is 21.4. The molecule has 0 aliphatic carbocycles. The second-order valence-corrected chi connectivity index (χ2v) is 47.9. The Morgan fingerprint density at radius 1 is 0.324 bits per heavy atom. The van der Waals surface area contributed by atoms with Crippen LogP contribution in [0.4, 0.5) is 26.3 Å². The molecule has 0 spiro atoms. The van der Waals surface area contributed by atoms with E-state index in [2.05, 4.69) is 185 Å². The molecule has 0 saturated heterocycles. The Morgan fingerprint density at radius 3 is 0.878 bits per heavy atom. The number of halogens is 11. The number of unbranched alkanes of at least 4 members (excludes halogenated alkanes) is 3. The van der Waals surface area contributed by atoms with Gasteiger partial charge in [0.15, 0.2) is 0 Å². The van der Waals surface area contributed by atoms with Crippen LogP contribution in [0.3, 0.4) is 0 Å². The normalized spacial score (nSPS) is 9.96. The van der Waals surface area contributed by atoms with Crippen LogP contribution < -0.4 is 41.5 Å². The van der Waals surface area contributed by atoms with Gasteiger partial charge in [0, 0.05) is 67.5 Å². The summed E-state index contributed by atoms with van der Waals surface area (Å²) in [6, 6.07) is 74.5. The molecule has 0 radical (unpaired) electrons. The van der Waals surface area contributed by atoms with E-state index in [-0.39, 0.29) is 74.6 Å². The molecule has 0 aliphatic rings. The minimum Gasteiger partial charge on any atom is -0.508 e. The third kappa shape index (κ3) is 45.8. The van der Waals surface area contributed by atoms with E-state index in [1.54, 1.807) is 164 Å². The van der Waals surface area contributed by atoms with Crippen molar-refractivity contribution in [3.8, 4) is 141 Å². The first-order chi connectivity index (χ1) is 67.2. The molecular formula is C113H107Br3F6I2O14Sn. The van der Waals surface area contributed by atoms with E-state index < -0.39 is 58.4 Å². The Labute approximate surface area is 868 Å². The molecule has 26 heteroatoms. The van der Waals surface area contributed by atoms with Gasteiger partial charge < -0.3 is 48.5 Å². The van der Waals surface area contributed by atoms with E-state index in [1.165, 1.54) is 69.3 Å². The number of rotatable bonds is 30. The third-order valence-corrected chi connectivity index (χ3v) is 38.0. The number of alkyl halides is 6. The maximum Gasteiger partial charge on any atom is 0.133 e. The standard InChI is InChI=1S/C18H14BrFO3.C17H15FO2.C16H12BrFO2.C16H12FIO2.C16H12FO2.C10H8O2.C8H7BrFIO.3C4H9.Sn/c1-13(21)23-16-7-4-14(5-8-16)2-3-15-6-9-18(17(19)12-15)22-11-10-20;1-13-12-15(6-9-17(13)20-11-10-18)3-2-14-4-7-16(19)8-5-14;17-15-11-13(5-8-16(15)20-10-9-18)2-1-12-3-6-14(19)7-4-12;17-9-10-20-16-8-5-13(11-15(16)18)2-1-12-3-6-14(19)7-4-12;17-11-12-19-16-9-5-14(6-10-16)2-1-13-3-7-15(18)8-4-13;1-3-9-4-6-10(7-5-9)12-8(2)11;9-7-5-6(11)1-2-8(7)12-4-3-10;3*1-3-4-2;/h4-9,12H,10-11H2,1H3;4-9,12,19H,10-11H2,1H3;2*3-8,11,19H,9-10H2;3-9,18H,11-12H2;1,4-7H,2H3;1-2,5H,3-4H2;3*1,3-4H2,2H3;. The van der Waals surface area contributed by atoms with Gasteiger partial charge >= 0.3 is 211 Å². The first-order valence-corrected chi connectivity index (χ1v) is 56.2. The monoisotopic (exact) mass is 2410 g/mol. The molecule has 14 nitrogen and oxygen atoms in total. The summed E-state index contributed by atoms with van der Waals surface area (Å²) in [5.41, 5.74) is 10.2. The van der Waals surface area contributed by atoms with Crippen LogP contribution in [0.15, 0.2) is 268 Å². The molecule has 4 N–H and O–H groups in total. The van der Waals surface area contributed by atoms with Crippen molar-refractivity contribution in [3.05, 3.63) is 342 Å². The minimum absolute atomic E-state index is 0.0261. The van der Waals surface area contributed by atoms with Crippen LogP contribution in [0.1, 0.15) is 140 Å². The van der Waals surface area contributed by atoms with Gasteiger partial charge in [0.1, 0.15) is 124 Å². The summed E-state index contributed by atoms with van der Waals surface area (Å²) in [6.07, 6.45) is 12.5. The first kappa shape index (κ1) is 116. The van der Waals surface area contributed by atoms with Crippen molar-refractivity contribution in [1.29, 1.82) is 0 Å². The molecule has 0 atom stereocenters. The van der Waals surface area contributed by atoms with Crippen molar-refractivity contribution in [3.63, 3.8) is 0 Å². The van der Waals surface area contributed by atoms with Crippen LogP contribution in [0.2, 0.25) is 13.3 Å². The van der Waals surface area contributed by atoms with E-state index in [0.29, 0.717) is 40.2 Å². The molecule has 724 valence electrons. The van der Waals surface area contributed by atoms with Gasteiger partial charge in [0.2, 0.25) is 0 Å². The number of benzene rings is 12. The van der Waals surface area contributed by atoms with Crippen LogP contribution in [0.5, 0.6) is 69.0 Å². The molecule has 139 heavy (non-hydrogen) atoms. The molecule has 0 bridgehead atoms. The fraction of sp³-hybridized carbons (Fsp3) is 0.239. The van der Waals surface area contributed by atoms with Gasteiger partial charge in [-0.2, -0.15) is 0 Å². The summed E-state index contributed by atoms with van der Waals surface area (Å²) < 4.78 is 125. The number of ether oxygens (including phenoxy) is 8. The smallest absolute Gasteiger partial charge is 0.133 e.